The zero-order chi connectivity index (χ0) is 14.2. The van der Waals surface area contributed by atoms with E-state index < -0.39 is 0 Å². The molecule has 0 spiro atoms. The molecule has 0 radical (unpaired) electrons. The Morgan fingerprint density at radius 3 is 1.89 bits per heavy atom. The van der Waals surface area contributed by atoms with Crippen LogP contribution < -0.4 is 5.73 Å². The summed E-state index contributed by atoms with van der Waals surface area (Å²) in [6.45, 7) is 11.3. The Bertz CT molecular complexity index is 206. The molecule has 0 amide bonds. The Morgan fingerprint density at radius 1 is 1.11 bits per heavy atom. The molecule has 4 nitrogen and oxygen atoms in total. The summed E-state index contributed by atoms with van der Waals surface area (Å²) in [5, 5.41) is 0. The maximum atomic E-state index is 5.99. The van der Waals surface area contributed by atoms with Gasteiger partial charge >= 0.3 is 0 Å². The zero-order valence-corrected chi connectivity index (χ0v) is 13.0. The maximum absolute atomic E-state index is 5.99. The summed E-state index contributed by atoms with van der Waals surface area (Å²) in [7, 11) is 3.35. The highest BCUT2D eigenvalue weighted by Gasteiger charge is 2.39. The van der Waals surface area contributed by atoms with Gasteiger partial charge in [0, 0.05) is 27.3 Å². The van der Waals surface area contributed by atoms with Crippen LogP contribution in [0.5, 0.6) is 0 Å². The lowest BCUT2D eigenvalue weighted by Gasteiger charge is -2.45. The van der Waals surface area contributed by atoms with Crippen LogP contribution in [0.1, 0.15) is 40.5 Å². The van der Waals surface area contributed by atoms with Gasteiger partial charge in [-0.2, -0.15) is 0 Å². The summed E-state index contributed by atoms with van der Waals surface area (Å²) in [6, 6.07) is 0. The minimum Gasteiger partial charge on any atom is -0.354 e. The van der Waals surface area contributed by atoms with Gasteiger partial charge < -0.3 is 15.2 Å². The standard InChI is InChI=1S/C14H32N2O2/c1-7-12(8-2)10-16(9-3)14(4,11-15)13(17-5)18-6/h12-13H,7-11,15H2,1-6H3. The quantitative estimate of drug-likeness (QED) is 0.611. The van der Waals surface area contributed by atoms with Crippen molar-refractivity contribution >= 4 is 0 Å². The Hall–Kier alpha value is -0.160. The first kappa shape index (κ1) is 17.8. The average molecular weight is 260 g/mol. The summed E-state index contributed by atoms with van der Waals surface area (Å²) >= 11 is 0. The van der Waals surface area contributed by atoms with E-state index in [1.165, 1.54) is 12.8 Å². The van der Waals surface area contributed by atoms with Crippen molar-refractivity contribution in [1.82, 2.24) is 4.90 Å². The third kappa shape index (κ3) is 4.19. The lowest BCUT2D eigenvalue weighted by molar-refractivity contribution is -0.182. The fraction of sp³-hybridized carbons (Fsp3) is 1.00. The molecule has 110 valence electrons. The highest BCUT2D eigenvalue weighted by molar-refractivity contribution is 4.91. The first-order chi connectivity index (χ1) is 8.53. The molecular formula is C14H32N2O2. The number of nitrogens with zero attached hydrogens (tertiary/aromatic N) is 1. The minimum absolute atomic E-state index is 0.277. The molecule has 0 rings (SSSR count). The Labute approximate surface area is 113 Å². The molecule has 0 aromatic rings. The van der Waals surface area contributed by atoms with Crippen LogP contribution in [0.15, 0.2) is 0 Å². The Morgan fingerprint density at radius 2 is 1.61 bits per heavy atom. The molecule has 0 saturated heterocycles. The molecule has 0 bridgehead atoms. The van der Waals surface area contributed by atoms with Crippen molar-refractivity contribution in [3.05, 3.63) is 0 Å². The van der Waals surface area contributed by atoms with E-state index in [0.29, 0.717) is 12.5 Å². The molecular weight excluding hydrogens is 228 g/mol. The van der Waals surface area contributed by atoms with Crippen LogP contribution in [-0.2, 0) is 9.47 Å². The van der Waals surface area contributed by atoms with Crippen molar-refractivity contribution in [1.29, 1.82) is 0 Å². The predicted molar refractivity (Wildman–Crippen MR) is 76.6 cm³/mol. The molecule has 4 heteroatoms. The molecule has 0 aliphatic carbocycles. The molecule has 0 aliphatic heterocycles. The van der Waals surface area contributed by atoms with Crippen LogP contribution in [0.25, 0.3) is 0 Å². The normalized spacial score (nSPS) is 15.7. The number of likely N-dealkylation sites (N-methyl/N-ethyl adjacent to an activating group) is 1. The van der Waals surface area contributed by atoms with Gasteiger partial charge in [-0.05, 0) is 19.4 Å². The van der Waals surface area contributed by atoms with Gasteiger partial charge in [0.1, 0.15) is 0 Å². The molecule has 1 unspecified atom stereocenters. The van der Waals surface area contributed by atoms with Crippen LogP contribution in [0.3, 0.4) is 0 Å². The number of hydrogen-bond acceptors (Lipinski definition) is 4. The summed E-state index contributed by atoms with van der Waals surface area (Å²) in [5.74, 6) is 0.699. The summed E-state index contributed by atoms with van der Waals surface area (Å²) in [6.07, 6.45) is 2.09. The van der Waals surface area contributed by atoms with Gasteiger partial charge in [-0.3, -0.25) is 4.90 Å². The fourth-order valence-electron chi connectivity index (χ4n) is 2.54. The Kier molecular flexibility index (Phi) is 8.78. The lowest BCUT2D eigenvalue weighted by Crippen LogP contribution is -2.61. The van der Waals surface area contributed by atoms with Crippen molar-refractivity contribution in [2.75, 3.05) is 33.9 Å². The van der Waals surface area contributed by atoms with Gasteiger partial charge in [0.05, 0.1) is 5.54 Å². The second kappa shape index (κ2) is 8.86. The van der Waals surface area contributed by atoms with Crippen molar-refractivity contribution in [2.24, 2.45) is 11.7 Å². The third-order valence-electron chi connectivity index (χ3n) is 4.09. The molecule has 2 N–H and O–H groups in total. The van der Waals surface area contributed by atoms with Crippen LogP contribution in [-0.4, -0.2) is 50.6 Å². The Balaban J connectivity index is 4.94. The van der Waals surface area contributed by atoms with E-state index in [1.54, 1.807) is 14.2 Å². The highest BCUT2D eigenvalue weighted by Crippen LogP contribution is 2.24. The van der Waals surface area contributed by atoms with Crippen molar-refractivity contribution < 1.29 is 9.47 Å². The van der Waals surface area contributed by atoms with Crippen molar-refractivity contribution in [2.45, 2.75) is 52.4 Å². The largest absolute Gasteiger partial charge is 0.354 e. The molecule has 1 atom stereocenters. The summed E-state index contributed by atoms with van der Waals surface area (Å²) in [5.41, 5.74) is 5.72. The molecule has 0 fully saturated rings. The fourth-order valence-corrected chi connectivity index (χ4v) is 2.54. The number of nitrogens with two attached hydrogens (primary N) is 1. The van der Waals surface area contributed by atoms with Gasteiger partial charge in [0.25, 0.3) is 0 Å². The van der Waals surface area contributed by atoms with Gasteiger partial charge in [-0.25, -0.2) is 0 Å². The van der Waals surface area contributed by atoms with E-state index in [-0.39, 0.29) is 11.8 Å². The monoisotopic (exact) mass is 260 g/mol. The summed E-state index contributed by atoms with van der Waals surface area (Å²) < 4.78 is 10.9. The molecule has 0 saturated carbocycles. The number of hydrogen-bond donors (Lipinski definition) is 1. The molecule has 0 heterocycles. The van der Waals surface area contributed by atoms with E-state index in [1.807, 2.05) is 0 Å². The minimum atomic E-state index is -0.295. The van der Waals surface area contributed by atoms with Crippen LogP contribution >= 0.6 is 0 Å². The van der Waals surface area contributed by atoms with E-state index in [4.69, 9.17) is 15.2 Å². The molecule has 0 aromatic heterocycles. The average Bonchev–Trinajstić information content (AvgIpc) is 2.41. The van der Waals surface area contributed by atoms with E-state index >= 15 is 0 Å². The SMILES string of the molecule is CCC(CC)CN(CC)C(C)(CN)C(OC)OC. The first-order valence-electron chi connectivity index (χ1n) is 7.04. The van der Waals surface area contributed by atoms with Crippen LogP contribution in [0.2, 0.25) is 0 Å². The summed E-state index contributed by atoms with van der Waals surface area (Å²) in [4.78, 5) is 2.39. The lowest BCUT2D eigenvalue weighted by atomic mass is 9.94. The second-order valence-corrected chi connectivity index (χ2v) is 5.09. The highest BCUT2D eigenvalue weighted by atomic mass is 16.7. The zero-order valence-electron chi connectivity index (χ0n) is 13.0. The number of methoxy groups -OCH3 is 2. The van der Waals surface area contributed by atoms with Crippen LogP contribution in [0, 0.1) is 5.92 Å². The number of rotatable bonds is 10. The van der Waals surface area contributed by atoms with E-state index in [0.717, 1.165) is 13.1 Å². The van der Waals surface area contributed by atoms with Crippen LogP contribution in [0.4, 0.5) is 0 Å². The topological polar surface area (TPSA) is 47.7 Å². The number of ether oxygens (including phenoxy) is 2. The van der Waals surface area contributed by atoms with E-state index in [9.17, 15) is 0 Å². The predicted octanol–water partition coefficient (Wildman–Crippen LogP) is 2.08. The smallest absolute Gasteiger partial charge is 0.176 e. The first-order valence-corrected chi connectivity index (χ1v) is 7.04. The van der Waals surface area contributed by atoms with Gasteiger partial charge in [-0.1, -0.05) is 33.6 Å². The van der Waals surface area contributed by atoms with Crippen molar-refractivity contribution in [3.63, 3.8) is 0 Å². The maximum Gasteiger partial charge on any atom is 0.176 e. The van der Waals surface area contributed by atoms with Gasteiger partial charge in [0.2, 0.25) is 0 Å². The second-order valence-electron chi connectivity index (χ2n) is 5.09. The third-order valence-corrected chi connectivity index (χ3v) is 4.09. The van der Waals surface area contributed by atoms with Crippen molar-refractivity contribution in [3.8, 4) is 0 Å². The van der Waals surface area contributed by atoms with Gasteiger partial charge in [0.15, 0.2) is 6.29 Å². The molecule has 0 aromatic carbocycles. The molecule has 0 aliphatic rings. The van der Waals surface area contributed by atoms with E-state index in [2.05, 4.69) is 32.6 Å². The van der Waals surface area contributed by atoms with Gasteiger partial charge in [-0.15, -0.1) is 0 Å². The molecule has 18 heavy (non-hydrogen) atoms.